The standard InChI is InChI=1S/C32H20F3N3O3S/c33-32(34,35)42(39,40)41-28-20-19-25(26-13-7-8-14-27(26)28)21-15-17-24(18-16-21)31-37-29(22-9-3-1-4-10-22)36-30(38-31)23-11-5-2-6-12-23/h1-20H/p+1. The highest BCUT2D eigenvalue weighted by Crippen LogP contribution is 2.37. The lowest BCUT2D eigenvalue weighted by atomic mass is 9.97. The van der Waals surface area contributed by atoms with E-state index in [0.29, 0.717) is 28.4 Å². The van der Waals surface area contributed by atoms with E-state index in [0.717, 1.165) is 22.3 Å². The zero-order chi connectivity index (χ0) is 29.3. The minimum absolute atomic E-state index is 0.266. The fourth-order valence-electron chi connectivity index (χ4n) is 4.50. The molecule has 0 amide bonds. The number of hydrogen-bond acceptors (Lipinski definition) is 5. The van der Waals surface area contributed by atoms with Crippen molar-refractivity contribution in [2.24, 2.45) is 0 Å². The monoisotopic (exact) mass is 584 g/mol. The van der Waals surface area contributed by atoms with E-state index in [1.165, 1.54) is 12.1 Å². The van der Waals surface area contributed by atoms with Crippen molar-refractivity contribution in [2.45, 2.75) is 5.51 Å². The Morgan fingerprint density at radius 1 is 0.548 bits per heavy atom. The second kappa shape index (κ2) is 10.7. The molecule has 1 heterocycles. The molecule has 0 fully saturated rings. The van der Waals surface area contributed by atoms with Crippen molar-refractivity contribution in [1.29, 1.82) is 0 Å². The Labute approximate surface area is 239 Å². The summed E-state index contributed by atoms with van der Waals surface area (Å²) >= 11 is 0. The summed E-state index contributed by atoms with van der Waals surface area (Å²) in [5.41, 5.74) is -1.53. The first-order chi connectivity index (χ1) is 20.2. The number of alkyl halides is 3. The Hall–Kier alpha value is -5.09. The van der Waals surface area contributed by atoms with Crippen LogP contribution in [-0.4, -0.2) is 28.9 Å². The topological polar surface area (TPSA) is 86.4 Å². The first-order valence-corrected chi connectivity index (χ1v) is 14.2. The van der Waals surface area contributed by atoms with Crippen LogP contribution in [0.3, 0.4) is 0 Å². The van der Waals surface area contributed by atoms with E-state index in [4.69, 9.17) is 15.0 Å². The quantitative estimate of drug-likeness (QED) is 0.112. The first-order valence-electron chi connectivity index (χ1n) is 12.7. The molecule has 6 nitrogen and oxygen atoms in total. The molecule has 0 spiro atoms. The highest BCUT2D eigenvalue weighted by molar-refractivity contribution is 7.88. The van der Waals surface area contributed by atoms with Gasteiger partial charge in [0.15, 0.2) is 23.2 Å². The molecule has 0 aliphatic rings. The minimum atomic E-state index is -5.57. The minimum Gasteiger partial charge on any atom is -0.339 e. The van der Waals surface area contributed by atoms with E-state index >= 15 is 0 Å². The number of aromatic nitrogens is 3. The van der Waals surface area contributed by atoms with Crippen LogP contribution in [0.15, 0.2) is 121 Å². The fourth-order valence-corrected chi connectivity index (χ4v) is 4.98. The summed E-state index contributed by atoms with van der Waals surface area (Å²) in [6.07, 6.45) is 0. The second-order valence-corrected chi connectivity index (χ2v) is 10.9. The molecule has 1 aromatic heterocycles. The highest BCUT2D eigenvalue weighted by atomic mass is 32.2. The van der Waals surface area contributed by atoms with Crippen LogP contribution < -0.4 is 4.18 Å². The van der Waals surface area contributed by atoms with E-state index < -0.39 is 15.6 Å². The second-order valence-electron chi connectivity index (χ2n) is 9.28. The summed E-state index contributed by atoms with van der Waals surface area (Å²) in [6.45, 7) is 0. The van der Waals surface area contributed by atoms with Crippen molar-refractivity contribution in [2.75, 3.05) is 0 Å². The maximum atomic E-state index is 13.0. The molecular weight excluding hydrogens is 563 g/mol. The lowest BCUT2D eigenvalue weighted by molar-refractivity contribution is -0.0495. The molecule has 1 unspecified atom stereocenters. The van der Waals surface area contributed by atoms with Crippen LogP contribution in [0.5, 0.6) is 5.75 Å². The maximum Gasteiger partial charge on any atom is 0.588 e. The lowest BCUT2D eigenvalue weighted by Gasteiger charge is -2.12. The zero-order valence-electron chi connectivity index (χ0n) is 21.7. The summed E-state index contributed by atoms with van der Waals surface area (Å²) in [7, 11) is -5.57. The van der Waals surface area contributed by atoms with Gasteiger partial charge in [-0.05, 0) is 28.6 Å². The van der Waals surface area contributed by atoms with Gasteiger partial charge in [0.05, 0.1) is 0 Å². The van der Waals surface area contributed by atoms with Gasteiger partial charge in [-0.15, -0.1) is 17.4 Å². The molecule has 42 heavy (non-hydrogen) atoms. The molecule has 0 bridgehead atoms. The van der Waals surface area contributed by atoms with Crippen LogP contribution in [0.25, 0.3) is 56.1 Å². The smallest absolute Gasteiger partial charge is 0.339 e. The molecule has 0 aliphatic carbocycles. The lowest BCUT2D eigenvalue weighted by Crippen LogP contribution is -2.27. The summed E-state index contributed by atoms with van der Waals surface area (Å²) in [4.78, 5) is 14.2. The SMILES string of the molecule is O=S(=[OH+])(Oc1ccc(-c2ccc(-c3nc(-c4ccccc4)nc(-c4ccccc4)n3)cc2)c2ccccc12)C(F)(F)F. The van der Waals surface area contributed by atoms with Crippen LogP contribution in [0.1, 0.15) is 0 Å². The normalized spacial score (nSPS) is 13.0. The third kappa shape index (κ3) is 5.31. The van der Waals surface area contributed by atoms with Crippen LogP contribution in [0.2, 0.25) is 0 Å². The van der Waals surface area contributed by atoms with Crippen molar-refractivity contribution in [1.82, 2.24) is 15.0 Å². The Morgan fingerprint density at radius 2 is 0.976 bits per heavy atom. The molecule has 0 radical (unpaired) electrons. The van der Waals surface area contributed by atoms with Gasteiger partial charge in [0, 0.05) is 22.1 Å². The largest absolute Gasteiger partial charge is 0.588 e. The summed E-state index contributed by atoms with van der Waals surface area (Å²) in [6, 6.07) is 36.1. The molecule has 0 saturated carbocycles. The summed E-state index contributed by atoms with van der Waals surface area (Å²) in [5, 5.41) is 0.820. The van der Waals surface area contributed by atoms with Crippen molar-refractivity contribution >= 4 is 20.9 Å². The molecule has 1 N–H and O–H groups in total. The van der Waals surface area contributed by atoms with E-state index in [1.807, 2.05) is 84.9 Å². The predicted molar refractivity (Wildman–Crippen MR) is 156 cm³/mol. The Balaban J connectivity index is 1.40. The average Bonchev–Trinajstić information content (AvgIpc) is 3.01. The van der Waals surface area contributed by atoms with E-state index in [-0.39, 0.29) is 11.1 Å². The Bertz CT molecular complexity index is 1940. The summed E-state index contributed by atoms with van der Waals surface area (Å²) < 4.78 is 64.8. The number of halogens is 3. The van der Waals surface area contributed by atoms with Crippen molar-refractivity contribution < 1.29 is 25.8 Å². The van der Waals surface area contributed by atoms with Crippen LogP contribution in [0, 0.1) is 0 Å². The van der Waals surface area contributed by atoms with Crippen molar-refractivity contribution in [3.8, 4) is 51.0 Å². The number of nitrogens with zero attached hydrogens (tertiary/aromatic N) is 3. The number of benzene rings is 5. The van der Waals surface area contributed by atoms with Gasteiger partial charge in [-0.2, -0.15) is 4.21 Å². The molecule has 6 rings (SSSR count). The fraction of sp³-hybridized carbons (Fsp3) is 0.0312. The van der Waals surface area contributed by atoms with Crippen LogP contribution in [-0.2, 0) is 10.1 Å². The molecule has 5 aromatic carbocycles. The molecule has 6 aromatic rings. The molecule has 1 atom stereocenters. The van der Waals surface area contributed by atoms with Gasteiger partial charge < -0.3 is 4.18 Å². The molecular formula is C32H21F3N3O3S+. The van der Waals surface area contributed by atoms with Crippen molar-refractivity contribution in [3.63, 3.8) is 0 Å². The summed E-state index contributed by atoms with van der Waals surface area (Å²) in [5.74, 6) is 1.20. The third-order valence-electron chi connectivity index (χ3n) is 6.53. The molecule has 208 valence electrons. The van der Waals surface area contributed by atoms with Gasteiger partial charge in [-0.3, -0.25) is 0 Å². The number of fused-ring (bicyclic) bond motifs is 1. The van der Waals surface area contributed by atoms with Crippen LogP contribution in [0.4, 0.5) is 13.2 Å². The van der Waals surface area contributed by atoms with Gasteiger partial charge in [-0.25, -0.2) is 15.0 Å². The molecule has 10 heteroatoms. The first kappa shape index (κ1) is 27.1. The van der Waals surface area contributed by atoms with Gasteiger partial charge >= 0.3 is 15.6 Å². The highest BCUT2D eigenvalue weighted by Gasteiger charge is 2.55. The Morgan fingerprint density at radius 3 is 1.48 bits per heavy atom. The number of rotatable bonds is 6. The maximum absolute atomic E-state index is 13.0. The van der Waals surface area contributed by atoms with E-state index in [2.05, 4.69) is 4.18 Å². The van der Waals surface area contributed by atoms with Gasteiger partial charge in [-0.1, -0.05) is 109 Å². The third-order valence-corrected chi connectivity index (χ3v) is 7.52. The van der Waals surface area contributed by atoms with Crippen LogP contribution >= 0.6 is 0 Å². The average molecular weight is 585 g/mol. The van der Waals surface area contributed by atoms with Gasteiger partial charge in [0.2, 0.25) is 0 Å². The van der Waals surface area contributed by atoms with Gasteiger partial charge in [0.1, 0.15) is 0 Å². The Kier molecular flexibility index (Phi) is 6.91. The van der Waals surface area contributed by atoms with E-state index in [9.17, 15) is 21.6 Å². The predicted octanol–water partition coefficient (Wildman–Crippen LogP) is 8.08. The zero-order valence-corrected chi connectivity index (χ0v) is 22.5. The van der Waals surface area contributed by atoms with Gasteiger partial charge in [0.25, 0.3) is 0 Å². The van der Waals surface area contributed by atoms with Crippen molar-refractivity contribution in [3.05, 3.63) is 121 Å². The van der Waals surface area contributed by atoms with E-state index in [1.54, 1.807) is 24.3 Å². The molecule has 0 aliphatic heterocycles. The molecule has 0 saturated heterocycles. The number of hydrogen-bond donors (Lipinski definition) is 0.